The van der Waals surface area contributed by atoms with Crippen molar-refractivity contribution in [2.24, 2.45) is 0 Å². The van der Waals surface area contributed by atoms with Crippen molar-refractivity contribution in [3.63, 3.8) is 0 Å². The van der Waals surface area contributed by atoms with Crippen LogP contribution in [-0.4, -0.2) is 53.6 Å². The minimum Gasteiger partial charge on any atom is -0.494 e. The van der Waals surface area contributed by atoms with Crippen LogP contribution in [0.4, 0.5) is 5.82 Å². The Bertz CT molecular complexity index is 1070. The first-order chi connectivity index (χ1) is 15.6. The Morgan fingerprint density at radius 2 is 1.72 bits per heavy atom. The molecule has 0 saturated carbocycles. The van der Waals surface area contributed by atoms with Crippen molar-refractivity contribution in [2.45, 2.75) is 13.8 Å². The number of carbonyl (C=O) groups is 1. The predicted molar refractivity (Wildman–Crippen MR) is 127 cm³/mol. The molecule has 0 radical (unpaired) electrons. The fourth-order valence-corrected chi connectivity index (χ4v) is 3.80. The Labute approximate surface area is 189 Å². The van der Waals surface area contributed by atoms with Gasteiger partial charge >= 0.3 is 0 Å². The molecule has 0 N–H and O–H groups in total. The average molecular weight is 429 g/mol. The SMILES string of the molecule is CCOc1ccc(/C=C(/C(=O)N2CCN(c3cc(C)ncn3)CC2)c2ccccc2)cc1. The fourth-order valence-electron chi connectivity index (χ4n) is 3.80. The van der Waals surface area contributed by atoms with Gasteiger partial charge in [0.1, 0.15) is 17.9 Å². The molecule has 2 aromatic carbocycles. The highest BCUT2D eigenvalue weighted by Gasteiger charge is 2.25. The summed E-state index contributed by atoms with van der Waals surface area (Å²) in [5.41, 5.74) is 3.52. The molecule has 1 aliphatic heterocycles. The van der Waals surface area contributed by atoms with E-state index in [2.05, 4.69) is 14.9 Å². The van der Waals surface area contributed by atoms with Gasteiger partial charge in [-0.3, -0.25) is 4.79 Å². The average Bonchev–Trinajstić information content (AvgIpc) is 2.84. The number of hydrogen-bond acceptors (Lipinski definition) is 5. The van der Waals surface area contributed by atoms with Gasteiger partial charge in [-0.1, -0.05) is 42.5 Å². The van der Waals surface area contributed by atoms with E-state index in [-0.39, 0.29) is 5.91 Å². The van der Waals surface area contributed by atoms with Gasteiger partial charge in [-0.2, -0.15) is 0 Å². The molecule has 3 aromatic rings. The summed E-state index contributed by atoms with van der Waals surface area (Å²) >= 11 is 0. The number of aryl methyl sites for hydroxylation is 1. The Balaban J connectivity index is 1.53. The van der Waals surface area contributed by atoms with Crippen molar-refractivity contribution >= 4 is 23.4 Å². The van der Waals surface area contributed by atoms with E-state index in [0.29, 0.717) is 25.3 Å². The van der Waals surface area contributed by atoms with Gasteiger partial charge in [0.2, 0.25) is 0 Å². The Kier molecular flexibility index (Phi) is 6.80. The summed E-state index contributed by atoms with van der Waals surface area (Å²) in [6.07, 6.45) is 3.56. The fraction of sp³-hybridized carbons (Fsp3) is 0.269. The molecule has 2 heterocycles. The van der Waals surface area contributed by atoms with Gasteiger partial charge in [-0.25, -0.2) is 9.97 Å². The van der Waals surface area contributed by atoms with Gasteiger partial charge in [0.25, 0.3) is 5.91 Å². The third kappa shape index (κ3) is 5.14. The van der Waals surface area contributed by atoms with Gasteiger partial charge in [-0.15, -0.1) is 0 Å². The van der Waals surface area contributed by atoms with Gasteiger partial charge in [0, 0.05) is 43.5 Å². The van der Waals surface area contributed by atoms with Gasteiger partial charge < -0.3 is 14.5 Å². The molecule has 32 heavy (non-hydrogen) atoms. The van der Waals surface area contributed by atoms with E-state index in [1.807, 2.05) is 85.5 Å². The second kappa shape index (κ2) is 10.1. The molecule has 1 aliphatic rings. The van der Waals surface area contributed by atoms with Crippen LogP contribution in [0.25, 0.3) is 11.6 Å². The number of ether oxygens (including phenoxy) is 1. The van der Waals surface area contributed by atoms with E-state index in [1.165, 1.54) is 0 Å². The smallest absolute Gasteiger partial charge is 0.254 e. The Morgan fingerprint density at radius 3 is 2.38 bits per heavy atom. The molecule has 164 valence electrons. The largest absolute Gasteiger partial charge is 0.494 e. The predicted octanol–water partition coefficient (Wildman–Crippen LogP) is 4.07. The van der Waals surface area contributed by atoms with Crippen LogP contribution in [0.15, 0.2) is 67.0 Å². The monoisotopic (exact) mass is 428 g/mol. The molecular weight excluding hydrogens is 400 g/mol. The summed E-state index contributed by atoms with van der Waals surface area (Å²) in [6, 6.07) is 19.7. The lowest BCUT2D eigenvalue weighted by Crippen LogP contribution is -2.49. The summed E-state index contributed by atoms with van der Waals surface area (Å²) in [5.74, 6) is 1.79. The summed E-state index contributed by atoms with van der Waals surface area (Å²) < 4.78 is 5.54. The summed E-state index contributed by atoms with van der Waals surface area (Å²) in [6.45, 7) is 7.34. The van der Waals surface area contributed by atoms with Crippen molar-refractivity contribution in [1.29, 1.82) is 0 Å². The maximum atomic E-state index is 13.6. The van der Waals surface area contributed by atoms with E-state index < -0.39 is 0 Å². The van der Waals surface area contributed by atoms with Crippen molar-refractivity contribution < 1.29 is 9.53 Å². The minimum absolute atomic E-state index is 0.0450. The van der Waals surface area contributed by atoms with Crippen LogP contribution in [0.3, 0.4) is 0 Å². The molecule has 1 aromatic heterocycles. The number of piperazine rings is 1. The first-order valence-electron chi connectivity index (χ1n) is 11.0. The third-order valence-electron chi connectivity index (χ3n) is 5.50. The molecule has 6 nitrogen and oxygen atoms in total. The first-order valence-corrected chi connectivity index (χ1v) is 11.0. The molecule has 0 spiro atoms. The van der Waals surface area contributed by atoms with Crippen molar-refractivity contribution in [1.82, 2.24) is 14.9 Å². The normalized spacial score (nSPS) is 14.4. The molecule has 0 atom stereocenters. The minimum atomic E-state index is 0.0450. The highest BCUT2D eigenvalue weighted by atomic mass is 16.5. The molecule has 0 bridgehead atoms. The quantitative estimate of drug-likeness (QED) is 0.438. The summed E-state index contributed by atoms with van der Waals surface area (Å²) in [4.78, 5) is 26.2. The Morgan fingerprint density at radius 1 is 1.00 bits per heavy atom. The van der Waals surface area contributed by atoms with E-state index in [9.17, 15) is 4.79 Å². The van der Waals surface area contributed by atoms with Gasteiger partial charge in [-0.05, 0) is 43.2 Å². The lowest BCUT2D eigenvalue weighted by Gasteiger charge is -2.36. The number of benzene rings is 2. The summed E-state index contributed by atoms with van der Waals surface area (Å²) in [7, 11) is 0. The zero-order valence-corrected chi connectivity index (χ0v) is 18.6. The van der Waals surface area contributed by atoms with Crippen LogP contribution >= 0.6 is 0 Å². The van der Waals surface area contributed by atoms with E-state index >= 15 is 0 Å². The number of nitrogens with zero attached hydrogens (tertiary/aromatic N) is 4. The highest BCUT2D eigenvalue weighted by Crippen LogP contribution is 2.24. The number of carbonyl (C=O) groups excluding carboxylic acids is 1. The lowest BCUT2D eigenvalue weighted by atomic mass is 10.0. The van der Waals surface area contributed by atoms with Crippen molar-refractivity contribution in [2.75, 3.05) is 37.7 Å². The van der Waals surface area contributed by atoms with Gasteiger partial charge in [0.05, 0.1) is 6.61 Å². The number of amides is 1. The number of hydrogen-bond donors (Lipinski definition) is 0. The molecule has 4 rings (SSSR count). The molecular formula is C26H28N4O2. The highest BCUT2D eigenvalue weighted by molar-refractivity contribution is 6.24. The zero-order valence-electron chi connectivity index (χ0n) is 18.6. The lowest BCUT2D eigenvalue weighted by molar-refractivity contribution is -0.125. The van der Waals surface area contributed by atoms with Crippen molar-refractivity contribution in [3.8, 4) is 5.75 Å². The first kappa shape index (κ1) is 21.6. The van der Waals surface area contributed by atoms with Crippen LogP contribution in [0.1, 0.15) is 23.7 Å². The molecule has 6 heteroatoms. The number of anilines is 1. The van der Waals surface area contributed by atoms with E-state index in [4.69, 9.17) is 4.74 Å². The second-order valence-electron chi connectivity index (χ2n) is 7.72. The third-order valence-corrected chi connectivity index (χ3v) is 5.50. The standard InChI is InChI=1S/C26H28N4O2/c1-3-32-23-11-9-21(10-12-23)18-24(22-7-5-4-6-8-22)26(31)30-15-13-29(14-16-30)25-17-20(2)27-19-28-25/h4-12,17-19H,3,13-16H2,1-2H3/b24-18+. The summed E-state index contributed by atoms with van der Waals surface area (Å²) in [5, 5.41) is 0. The Hall–Kier alpha value is -3.67. The van der Waals surface area contributed by atoms with Crippen LogP contribution in [0.2, 0.25) is 0 Å². The van der Waals surface area contributed by atoms with Crippen molar-refractivity contribution in [3.05, 3.63) is 83.8 Å². The maximum Gasteiger partial charge on any atom is 0.254 e. The molecule has 1 fully saturated rings. The zero-order chi connectivity index (χ0) is 22.3. The van der Waals surface area contributed by atoms with Crippen LogP contribution in [0, 0.1) is 6.92 Å². The molecule has 0 aliphatic carbocycles. The van der Waals surface area contributed by atoms with E-state index in [0.717, 1.165) is 41.5 Å². The van der Waals surface area contributed by atoms with Gasteiger partial charge in [0.15, 0.2) is 0 Å². The number of aromatic nitrogens is 2. The topological polar surface area (TPSA) is 58.6 Å². The van der Waals surface area contributed by atoms with E-state index in [1.54, 1.807) is 6.33 Å². The molecule has 1 saturated heterocycles. The number of rotatable bonds is 6. The second-order valence-corrected chi connectivity index (χ2v) is 7.72. The molecule has 0 unspecified atom stereocenters. The maximum absolute atomic E-state index is 13.6. The van der Waals surface area contributed by atoms with Crippen LogP contribution in [-0.2, 0) is 4.79 Å². The van der Waals surface area contributed by atoms with Crippen LogP contribution < -0.4 is 9.64 Å². The van der Waals surface area contributed by atoms with Crippen LogP contribution in [0.5, 0.6) is 5.75 Å². The molecule has 1 amide bonds.